The highest BCUT2D eigenvalue weighted by Gasteiger charge is 2.25. The molecule has 6 heteroatoms. The van der Waals surface area contributed by atoms with Gasteiger partial charge < -0.3 is 10.6 Å². The number of hydrogen-bond donors (Lipinski definition) is 1. The third-order valence-corrected chi connectivity index (χ3v) is 3.24. The predicted molar refractivity (Wildman–Crippen MR) is 62.6 cm³/mol. The van der Waals surface area contributed by atoms with Gasteiger partial charge in [-0.2, -0.15) is 0 Å². The summed E-state index contributed by atoms with van der Waals surface area (Å²) in [6, 6.07) is 0.146. The van der Waals surface area contributed by atoms with Crippen LogP contribution in [0.3, 0.4) is 0 Å². The third-order valence-electron chi connectivity index (χ3n) is 2.34. The molecule has 0 spiro atoms. The van der Waals surface area contributed by atoms with E-state index in [4.69, 9.17) is 5.73 Å². The summed E-state index contributed by atoms with van der Waals surface area (Å²) in [6.45, 7) is 3.35. The Hall–Kier alpha value is -0.650. The van der Waals surface area contributed by atoms with E-state index >= 15 is 0 Å². The van der Waals surface area contributed by atoms with Gasteiger partial charge in [0.05, 0.1) is 11.2 Å². The summed E-state index contributed by atoms with van der Waals surface area (Å²) < 4.78 is 0. The number of nitrogens with two attached hydrogens (primary N) is 1. The van der Waals surface area contributed by atoms with Gasteiger partial charge in [-0.1, -0.05) is 0 Å². The molecule has 1 aliphatic heterocycles. The van der Waals surface area contributed by atoms with Crippen molar-refractivity contribution in [1.29, 1.82) is 0 Å². The first-order valence-electron chi connectivity index (χ1n) is 4.64. The Kier molecular flexibility index (Phi) is 4.07. The second-order valence-electron chi connectivity index (χ2n) is 3.54. The van der Waals surface area contributed by atoms with Gasteiger partial charge >= 0.3 is 0 Å². The van der Waals surface area contributed by atoms with Crippen LogP contribution in [-0.2, 0) is 0 Å². The second kappa shape index (κ2) is 4.92. The van der Waals surface area contributed by atoms with Crippen molar-refractivity contribution in [3.63, 3.8) is 0 Å². The summed E-state index contributed by atoms with van der Waals surface area (Å²) in [5, 5.41) is 0.928. The Labute approximate surface area is 98.9 Å². The molecule has 1 aromatic heterocycles. The molecule has 4 nitrogen and oxygen atoms in total. The third kappa shape index (κ3) is 2.68. The van der Waals surface area contributed by atoms with E-state index in [2.05, 4.69) is 4.98 Å². The van der Waals surface area contributed by atoms with E-state index in [1.807, 2.05) is 6.92 Å². The highest BCUT2D eigenvalue weighted by molar-refractivity contribution is 7.13. The molecular weight excluding hydrogens is 234 g/mol. The first-order chi connectivity index (χ1) is 6.66. The number of aromatic nitrogens is 1. The fourth-order valence-electron chi connectivity index (χ4n) is 1.59. The van der Waals surface area contributed by atoms with Crippen LogP contribution >= 0.6 is 23.7 Å². The lowest BCUT2D eigenvalue weighted by Gasteiger charge is -2.13. The van der Waals surface area contributed by atoms with Crippen LogP contribution < -0.4 is 5.73 Å². The summed E-state index contributed by atoms with van der Waals surface area (Å²) >= 11 is 1.44. The van der Waals surface area contributed by atoms with Crippen LogP contribution in [0, 0.1) is 6.92 Å². The maximum absolute atomic E-state index is 11.8. The van der Waals surface area contributed by atoms with Crippen molar-refractivity contribution in [3.05, 3.63) is 16.1 Å². The molecule has 1 saturated heterocycles. The second-order valence-corrected chi connectivity index (χ2v) is 4.78. The van der Waals surface area contributed by atoms with Gasteiger partial charge in [-0.05, 0) is 13.3 Å². The lowest BCUT2D eigenvalue weighted by atomic mass is 10.3. The van der Waals surface area contributed by atoms with E-state index in [1.165, 1.54) is 11.3 Å². The Morgan fingerprint density at radius 3 is 2.93 bits per heavy atom. The highest BCUT2D eigenvalue weighted by Crippen LogP contribution is 2.17. The monoisotopic (exact) mass is 247 g/mol. The van der Waals surface area contributed by atoms with Crippen LogP contribution in [0.1, 0.15) is 21.1 Å². The zero-order chi connectivity index (χ0) is 10.1. The van der Waals surface area contributed by atoms with E-state index in [9.17, 15) is 4.79 Å². The van der Waals surface area contributed by atoms with Gasteiger partial charge in [-0.3, -0.25) is 4.79 Å². The molecule has 1 amide bonds. The molecule has 1 atom stereocenters. The number of carbonyl (C=O) groups is 1. The number of amides is 1. The Bertz CT molecular complexity index is 355. The SMILES string of the molecule is Cc1ncc(C(=O)N2CCC(N)C2)s1.Cl. The van der Waals surface area contributed by atoms with Gasteiger partial charge in [0.15, 0.2) is 0 Å². The van der Waals surface area contributed by atoms with Crippen LogP contribution in [0.4, 0.5) is 0 Å². The highest BCUT2D eigenvalue weighted by atomic mass is 35.5. The van der Waals surface area contributed by atoms with Gasteiger partial charge in [0.2, 0.25) is 0 Å². The summed E-state index contributed by atoms with van der Waals surface area (Å²) in [5.41, 5.74) is 5.74. The molecule has 0 saturated carbocycles. The number of halogens is 1. The van der Waals surface area contributed by atoms with Gasteiger partial charge in [0.1, 0.15) is 4.88 Å². The largest absolute Gasteiger partial charge is 0.336 e. The van der Waals surface area contributed by atoms with Crippen LogP contribution in [0.15, 0.2) is 6.20 Å². The van der Waals surface area contributed by atoms with Crippen molar-refractivity contribution >= 4 is 29.7 Å². The molecule has 0 bridgehead atoms. The van der Waals surface area contributed by atoms with Crippen LogP contribution in [0.25, 0.3) is 0 Å². The summed E-state index contributed by atoms with van der Waals surface area (Å²) in [7, 11) is 0. The minimum atomic E-state index is 0. The minimum absolute atomic E-state index is 0. The van der Waals surface area contributed by atoms with Gasteiger partial charge in [-0.25, -0.2) is 4.98 Å². The fourth-order valence-corrected chi connectivity index (χ4v) is 2.33. The van der Waals surface area contributed by atoms with Gasteiger partial charge in [0.25, 0.3) is 5.91 Å². The molecule has 2 heterocycles. The maximum Gasteiger partial charge on any atom is 0.265 e. The number of carbonyl (C=O) groups excluding carboxylic acids is 1. The Morgan fingerprint density at radius 1 is 1.73 bits per heavy atom. The average Bonchev–Trinajstić information content (AvgIpc) is 2.73. The lowest BCUT2D eigenvalue weighted by molar-refractivity contribution is 0.0795. The smallest absolute Gasteiger partial charge is 0.265 e. The van der Waals surface area contributed by atoms with Crippen molar-refractivity contribution in [2.24, 2.45) is 5.73 Å². The first-order valence-corrected chi connectivity index (χ1v) is 5.46. The fraction of sp³-hybridized carbons (Fsp3) is 0.556. The van der Waals surface area contributed by atoms with Crippen molar-refractivity contribution in [2.75, 3.05) is 13.1 Å². The molecule has 1 aromatic rings. The molecule has 2 rings (SSSR count). The van der Waals surface area contributed by atoms with Crippen molar-refractivity contribution in [1.82, 2.24) is 9.88 Å². The first kappa shape index (κ1) is 12.4. The molecule has 84 valence electrons. The van der Waals surface area contributed by atoms with E-state index < -0.39 is 0 Å². The van der Waals surface area contributed by atoms with Crippen molar-refractivity contribution in [2.45, 2.75) is 19.4 Å². The average molecular weight is 248 g/mol. The molecule has 2 N–H and O–H groups in total. The molecular formula is C9H14ClN3OS. The number of nitrogens with zero attached hydrogens (tertiary/aromatic N) is 2. The van der Waals surface area contributed by atoms with E-state index in [1.54, 1.807) is 11.1 Å². The normalized spacial score (nSPS) is 20.1. The molecule has 15 heavy (non-hydrogen) atoms. The number of likely N-dealkylation sites (tertiary alicyclic amines) is 1. The van der Waals surface area contributed by atoms with Crippen LogP contribution in [-0.4, -0.2) is 34.9 Å². The summed E-state index contributed by atoms with van der Waals surface area (Å²) in [6.07, 6.45) is 2.55. The van der Waals surface area contributed by atoms with E-state index in [0.29, 0.717) is 6.54 Å². The molecule has 0 radical (unpaired) electrons. The maximum atomic E-state index is 11.8. The topological polar surface area (TPSA) is 59.2 Å². The molecule has 1 unspecified atom stereocenters. The van der Waals surface area contributed by atoms with Crippen molar-refractivity contribution in [3.8, 4) is 0 Å². The lowest BCUT2D eigenvalue weighted by Crippen LogP contribution is -2.31. The van der Waals surface area contributed by atoms with E-state index in [-0.39, 0.29) is 24.4 Å². The number of hydrogen-bond acceptors (Lipinski definition) is 4. The molecule has 0 aromatic carbocycles. The van der Waals surface area contributed by atoms with Gasteiger partial charge in [0, 0.05) is 19.1 Å². The van der Waals surface area contributed by atoms with Crippen molar-refractivity contribution < 1.29 is 4.79 Å². The van der Waals surface area contributed by atoms with Crippen LogP contribution in [0.2, 0.25) is 0 Å². The Balaban J connectivity index is 0.00000112. The number of rotatable bonds is 1. The van der Waals surface area contributed by atoms with Crippen LogP contribution in [0.5, 0.6) is 0 Å². The minimum Gasteiger partial charge on any atom is -0.336 e. The summed E-state index contributed by atoms with van der Waals surface area (Å²) in [4.78, 5) is 18.4. The predicted octanol–water partition coefficient (Wildman–Crippen LogP) is 1.05. The van der Waals surface area contributed by atoms with E-state index in [0.717, 1.165) is 22.9 Å². The van der Waals surface area contributed by atoms with Gasteiger partial charge in [-0.15, -0.1) is 23.7 Å². The zero-order valence-electron chi connectivity index (χ0n) is 8.47. The zero-order valence-corrected chi connectivity index (χ0v) is 10.1. The molecule has 0 aliphatic carbocycles. The number of thiazole rings is 1. The quantitative estimate of drug-likeness (QED) is 0.807. The molecule has 1 fully saturated rings. The Morgan fingerprint density at radius 2 is 2.47 bits per heavy atom. The summed E-state index contributed by atoms with van der Waals surface area (Å²) in [5.74, 6) is 0.0727. The number of aryl methyl sites for hydroxylation is 1. The standard InChI is InChI=1S/C9H13N3OS.ClH/c1-6-11-4-8(14-6)9(13)12-3-2-7(10)5-12;/h4,7H,2-3,5,10H2,1H3;1H. The molecule has 1 aliphatic rings.